The van der Waals surface area contributed by atoms with Crippen LogP contribution in [0.15, 0.2) is 23.1 Å². The fraction of sp³-hybridized carbons (Fsp3) is 0.462. The monoisotopic (exact) mass is 281 g/mol. The molecule has 1 aliphatic rings. The molecule has 0 spiro atoms. The minimum atomic E-state index is -0.795. The minimum absolute atomic E-state index is 0.0988. The van der Waals surface area contributed by atoms with Crippen molar-refractivity contribution >= 4 is 23.4 Å². The number of hydrogen-bond donors (Lipinski definition) is 1. The molecule has 0 atom stereocenters. The Balaban J connectivity index is 2.09. The van der Waals surface area contributed by atoms with Crippen molar-refractivity contribution in [2.75, 3.05) is 5.75 Å². The molecule has 2 rings (SSSR count). The zero-order valence-electron chi connectivity index (χ0n) is 10.6. The van der Waals surface area contributed by atoms with E-state index in [9.17, 15) is 14.9 Å². The number of carboxylic acids is 1. The van der Waals surface area contributed by atoms with E-state index in [0.717, 1.165) is 18.4 Å². The molecule has 0 bridgehead atoms. The van der Waals surface area contributed by atoms with Gasteiger partial charge in [-0.15, -0.1) is 11.8 Å². The molecule has 1 saturated carbocycles. The Morgan fingerprint density at radius 1 is 1.53 bits per heavy atom. The number of benzene rings is 1. The molecule has 0 radical (unpaired) electrons. The Morgan fingerprint density at radius 2 is 2.21 bits per heavy atom. The molecule has 1 fully saturated rings. The Morgan fingerprint density at radius 3 is 2.74 bits per heavy atom. The van der Waals surface area contributed by atoms with E-state index in [-0.39, 0.29) is 17.5 Å². The molecule has 1 aromatic carbocycles. The molecule has 0 heterocycles. The van der Waals surface area contributed by atoms with Crippen molar-refractivity contribution in [2.24, 2.45) is 5.41 Å². The second kappa shape index (κ2) is 5.21. The number of nitro groups is 1. The summed E-state index contributed by atoms with van der Waals surface area (Å²) in [5.41, 5.74) is 0.909. The topological polar surface area (TPSA) is 80.4 Å². The van der Waals surface area contributed by atoms with Crippen LogP contribution < -0.4 is 0 Å². The second-order valence-electron chi connectivity index (χ2n) is 5.09. The van der Waals surface area contributed by atoms with E-state index < -0.39 is 10.9 Å². The van der Waals surface area contributed by atoms with Crippen molar-refractivity contribution in [2.45, 2.75) is 31.1 Å². The number of thioether (sulfide) groups is 1. The summed E-state index contributed by atoms with van der Waals surface area (Å²) in [4.78, 5) is 22.0. The quantitative estimate of drug-likeness (QED) is 0.492. The van der Waals surface area contributed by atoms with Crippen LogP contribution >= 0.6 is 11.8 Å². The maximum Gasteiger partial charge on any atom is 0.303 e. The summed E-state index contributed by atoms with van der Waals surface area (Å²) >= 11 is 1.40. The van der Waals surface area contributed by atoms with E-state index in [1.165, 1.54) is 17.8 Å². The number of hydrogen-bond acceptors (Lipinski definition) is 4. The van der Waals surface area contributed by atoms with Gasteiger partial charge in [0.2, 0.25) is 0 Å². The third-order valence-electron chi connectivity index (χ3n) is 3.33. The first kappa shape index (κ1) is 13.9. The zero-order valence-corrected chi connectivity index (χ0v) is 11.4. The van der Waals surface area contributed by atoms with Gasteiger partial charge < -0.3 is 5.11 Å². The van der Waals surface area contributed by atoms with Crippen molar-refractivity contribution in [3.05, 3.63) is 33.9 Å². The first-order valence-corrected chi connectivity index (χ1v) is 7.00. The van der Waals surface area contributed by atoms with Gasteiger partial charge in [0.1, 0.15) is 0 Å². The fourth-order valence-electron chi connectivity index (χ4n) is 1.99. The van der Waals surface area contributed by atoms with Crippen molar-refractivity contribution < 1.29 is 14.8 Å². The van der Waals surface area contributed by atoms with Gasteiger partial charge in [-0.1, -0.05) is 6.07 Å². The van der Waals surface area contributed by atoms with Crippen LogP contribution in [0.1, 0.15) is 24.8 Å². The average molecular weight is 281 g/mol. The molecular weight excluding hydrogens is 266 g/mol. The van der Waals surface area contributed by atoms with Crippen LogP contribution in [0.5, 0.6) is 0 Å². The number of nitrogens with zero attached hydrogens (tertiary/aromatic N) is 1. The maximum absolute atomic E-state index is 10.9. The van der Waals surface area contributed by atoms with Crippen molar-refractivity contribution in [1.29, 1.82) is 0 Å². The molecule has 0 aromatic heterocycles. The highest BCUT2D eigenvalue weighted by Gasteiger charge is 2.44. The lowest BCUT2D eigenvalue weighted by molar-refractivity contribution is -0.387. The summed E-state index contributed by atoms with van der Waals surface area (Å²) in [6.45, 7) is 1.89. The SMILES string of the molecule is Cc1ccc([N+](=O)[O-])c(SCC2(CC(=O)O)CC2)c1. The first-order valence-electron chi connectivity index (χ1n) is 6.02. The highest BCUT2D eigenvalue weighted by Crippen LogP contribution is 2.52. The molecule has 0 saturated heterocycles. The third kappa shape index (κ3) is 3.47. The molecule has 0 aliphatic heterocycles. The number of rotatable bonds is 6. The van der Waals surface area contributed by atoms with Crippen LogP contribution in [0.2, 0.25) is 0 Å². The summed E-state index contributed by atoms with van der Waals surface area (Å²) in [6.07, 6.45) is 1.94. The number of aryl methyl sites for hydroxylation is 1. The summed E-state index contributed by atoms with van der Waals surface area (Å²) in [7, 11) is 0. The summed E-state index contributed by atoms with van der Waals surface area (Å²) in [5.74, 6) is -0.166. The van der Waals surface area contributed by atoms with Crippen LogP contribution in [0.4, 0.5) is 5.69 Å². The predicted octanol–water partition coefficient (Wildman–Crippen LogP) is 3.25. The van der Waals surface area contributed by atoms with Crippen LogP contribution in [0.25, 0.3) is 0 Å². The van der Waals surface area contributed by atoms with E-state index in [1.807, 2.05) is 6.92 Å². The number of nitro benzene ring substituents is 1. The van der Waals surface area contributed by atoms with Gasteiger partial charge in [0.25, 0.3) is 5.69 Å². The lowest BCUT2D eigenvalue weighted by atomic mass is 10.1. The Kier molecular flexibility index (Phi) is 3.80. The van der Waals surface area contributed by atoms with Gasteiger partial charge in [-0.2, -0.15) is 0 Å². The Hall–Kier alpha value is -1.56. The molecule has 19 heavy (non-hydrogen) atoms. The van der Waals surface area contributed by atoms with Gasteiger partial charge in [0, 0.05) is 11.8 Å². The summed E-state index contributed by atoms with van der Waals surface area (Å²) in [5, 5.41) is 19.8. The lowest BCUT2D eigenvalue weighted by Crippen LogP contribution is -2.11. The van der Waals surface area contributed by atoms with Crippen molar-refractivity contribution in [1.82, 2.24) is 0 Å². The largest absolute Gasteiger partial charge is 0.481 e. The van der Waals surface area contributed by atoms with Gasteiger partial charge in [-0.05, 0) is 36.8 Å². The van der Waals surface area contributed by atoms with E-state index >= 15 is 0 Å². The van der Waals surface area contributed by atoms with Crippen molar-refractivity contribution in [3.8, 4) is 0 Å². The van der Waals surface area contributed by atoms with Crippen LogP contribution in [-0.2, 0) is 4.79 Å². The van der Waals surface area contributed by atoms with Gasteiger partial charge >= 0.3 is 5.97 Å². The lowest BCUT2D eigenvalue weighted by Gasteiger charge is -2.12. The van der Waals surface area contributed by atoms with Crippen LogP contribution in [0, 0.1) is 22.5 Å². The molecule has 5 nitrogen and oxygen atoms in total. The summed E-state index contributed by atoms with van der Waals surface area (Å²) in [6, 6.07) is 5.01. The molecule has 1 N–H and O–H groups in total. The second-order valence-corrected chi connectivity index (χ2v) is 6.10. The highest BCUT2D eigenvalue weighted by molar-refractivity contribution is 7.99. The number of carboxylic acid groups (broad SMARTS) is 1. The minimum Gasteiger partial charge on any atom is -0.481 e. The highest BCUT2D eigenvalue weighted by atomic mass is 32.2. The van der Waals surface area contributed by atoms with Gasteiger partial charge in [0.05, 0.1) is 16.2 Å². The van der Waals surface area contributed by atoms with Crippen molar-refractivity contribution in [3.63, 3.8) is 0 Å². The molecular formula is C13H15NO4S. The van der Waals surface area contributed by atoms with Gasteiger partial charge in [0.15, 0.2) is 0 Å². The molecule has 102 valence electrons. The fourth-order valence-corrected chi connectivity index (χ4v) is 3.40. The smallest absolute Gasteiger partial charge is 0.303 e. The third-order valence-corrected chi connectivity index (χ3v) is 4.72. The van der Waals surface area contributed by atoms with Gasteiger partial charge in [-0.25, -0.2) is 0 Å². The van der Waals surface area contributed by atoms with Crippen LogP contribution in [0.3, 0.4) is 0 Å². The van der Waals surface area contributed by atoms with E-state index in [1.54, 1.807) is 12.1 Å². The zero-order chi connectivity index (χ0) is 14.0. The molecule has 0 amide bonds. The molecule has 1 aromatic rings. The molecule has 0 unspecified atom stereocenters. The summed E-state index contributed by atoms with van der Waals surface area (Å²) < 4.78 is 0. The molecule has 1 aliphatic carbocycles. The predicted molar refractivity (Wildman–Crippen MR) is 72.5 cm³/mol. The first-order chi connectivity index (χ1) is 8.92. The Labute approximate surface area is 115 Å². The Bertz CT molecular complexity index is 525. The van der Waals surface area contributed by atoms with Gasteiger partial charge in [-0.3, -0.25) is 14.9 Å². The van der Waals surface area contributed by atoms with E-state index in [2.05, 4.69) is 0 Å². The van der Waals surface area contributed by atoms with E-state index in [4.69, 9.17) is 5.11 Å². The average Bonchev–Trinajstić information content (AvgIpc) is 3.05. The molecule has 6 heteroatoms. The van der Waals surface area contributed by atoms with E-state index in [0.29, 0.717) is 10.6 Å². The standard InChI is InChI=1S/C13H15NO4S/c1-9-2-3-10(14(17)18)11(6-9)19-8-13(4-5-13)7-12(15)16/h2-3,6H,4-5,7-8H2,1H3,(H,15,16). The normalized spacial score (nSPS) is 16.1. The number of carbonyl (C=O) groups is 1. The van der Waals surface area contributed by atoms with Crippen LogP contribution in [-0.4, -0.2) is 21.8 Å². The maximum atomic E-state index is 10.9. The number of aliphatic carboxylic acids is 1.